The summed E-state index contributed by atoms with van der Waals surface area (Å²) in [5, 5.41) is 18.8. The summed E-state index contributed by atoms with van der Waals surface area (Å²) in [5.41, 5.74) is 3.31. The largest absolute Gasteiger partial charge is 0.396 e. The van der Waals surface area contributed by atoms with Crippen LogP contribution in [0.1, 0.15) is 50.0 Å². The highest BCUT2D eigenvalue weighted by Crippen LogP contribution is 2.28. The Balaban J connectivity index is 3.09. The molecule has 1 rings (SSSR count). The number of aliphatic hydroxyl groups excluding tert-OH is 2. The zero-order chi connectivity index (χ0) is 12.3. The SMILES string of the molecule is Cc1ccc(C(C)(C)C)cc1C(O)CCO. The van der Waals surface area contributed by atoms with E-state index in [0.717, 1.165) is 11.1 Å². The van der Waals surface area contributed by atoms with E-state index >= 15 is 0 Å². The van der Waals surface area contributed by atoms with E-state index in [0.29, 0.717) is 6.42 Å². The average molecular weight is 222 g/mol. The maximum absolute atomic E-state index is 9.93. The standard InChI is InChI=1S/C14H22O2/c1-10-5-6-11(14(2,3)4)9-12(10)13(16)7-8-15/h5-6,9,13,15-16H,7-8H2,1-4H3. The van der Waals surface area contributed by atoms with E-state index in [-0.39, 0.29) is 12.0 Å². The lowest BCUT2D eigenvalue weighted by Crippen LogP contribution is -2.13. The van der Waals surface area contributed by atoms with Gasteiger partial charge in [0.05, 0.1) is 6.10 Å². The number of aryl methyl sites for hydroxylation is 1. The Morgan fingerprint density at radius 3 is 2.38 bits per heavy atom. The topological polar surface area (TPSA) is 40.5 Å². The van der Waals surface area contributed by atoms with Crippen molar-refractivity contribution in [2.75, 3.05) is 6.61 Å². The van der Waals surface area contributed by atoms with Crippen molar-refractivity contribution in [3.05, 3.63) is 34.9 Å². The maximum atomic E-state index is 9.93. The normalized spacial score (nSPS) is 13.9. The predicted octanol–water partition coefficient (Wildman–Crippen LogP) is 2.71. The number of hydrogen-bond donors (Lipinski definition) is 2. The van der Waals surface area contributed by atoms with E-state index in [2.05, 4.69) is 32.9 Å². The van der Waals surface area contributed by atoms with Gasteiger partial charge in [-0.3, -0.25) is 0 Å². The van der Waals surface area contributed by atoms with Crippen LogP contribution in [0.5, 0.6) is 0 Å². The van der Waals surface area contributed by atoms with Crippen LogP contribution in [0.2, 0.25) is 0 Å². The molecule has 0 spiro atoms. The first-order chi connectivity index (χ1) is 7.36. The molecule has 1 atom stereocenters. The zero-order valence-electron chi connectivity index (χ0n) is 10.6. The van der Waals surface area contributed by atoms with Gasteiger partial charge < -0.3 is 10.2 Å². The van der Waals surface area contributed by atoms with Crippen LogP contribution in [0.25, 0.3) is 0 Å². The molecule has 1 aromatic carbocycles. The highest BCUT2D eigenvalue weighted by Gasteiger charge is 2.17. The van der Waals surface area contributed by atoms with Crippen LogP contribution < -0.4 is 0 Å². The van der Waals surface area contributed by atoms with E-state index in [4.69, 9.17) is 5.11 Å². The van der Waals surface area contributed by atoms with E-state index in [1.807, 2.05) is 13.0 Å². The molecule has 16 heavy (non-hydrogen) atoms. The van der Waals surface area contributed by atoms with Gasteiger partial charge in [0.1, 0.15) is 0 Å². The molecule has 2 nitrogen and oxygen atoms in total. The molecule has 0 heterocycles. The molecule has 0 aliphatic rings. The molecule has 0 saturated heterocycles. The third-order valence-electron chi connectivity index (χ3n) is 2.91. The molecule has 1 unspecified atom stereocenters. The van der Waals surface area contributed by atoms with Crippen LogP contribution >= 0.6 is 0 Å². The smallest absolute Gasteiger partial charge is 0.0814 e. The maximum Gasteiger partial charge on any atom is 0.0814 e. The molecule has 1 aromatic rings. The molecule has 2 heteroatoms. The van der Waals surface area contributed by atoms with Gasteiger partial charge >= 0.3 is 0 Å². The molecule has 0 radical (unpaired) electrons. The molecule has 0 aliphatic heterocycles. The second-order valence-corrected chi connectivity index (χ2v) is 5.35. The Kier molecular flexibility index (Phi) is 4.11. The van der Waals surface area contributed by atoms with Gasteiger partial charge in [-0.2, -0.15) is 0 Å². The molecule has 0 aliphatic carbocycles. The molecule has 0 aromatic heterocycles. The summed E-state index contributed by atoms with van der Waals surface area (Å²) in [4.78, 5) is 0. The zero-order valence-corrected chi connectivity index (χ0v) is 10.6. The number of aliphatic hydroxyl groups is 2. The minimum Gasteiger partial charge on any atom is -0.396 e. The Morgan fingerprint density at radius 1 is 1.25 bits per heavy atom. The van der Waals surface area contributed by atoms with Gasteiger partial charge in [0, 0.05) is 13.0 Å². The van der Waals surface area contributed by atoms with Crippen LogP contribution in [0.3, 0.4) is 0 Å². The van der Waals surface area contributed by atoms with Gasteiger partial charge in [-0.25, -0.2) is 0 Å². The van der Waals surface area contributed by atoms with Crippen molar-refractivity contribution in [2.24, 2.45) is 0 Å². The first kappa shape index (κ1) is 13.2. The lowest BCUT2D eigenvalue weighted by Gasteiger charge is -2.22. The van der Waals surface area contributed by atoms with Gasteiger partial charge in [0.2, 0.25) is 0 Å². The average Bonchev–Trinajstić information content (AvgIpc) is 2.16. The second-order valence-electron chi connectivity index (χ2n) is 5.35. The highest BCUT2D eigenvalue weighted by molar-refractivity contribution is 5.35. The summed E-state index contributed by atoms with van der Waals surface area (Å²) in [7, 11) is 0. The summed E-state index contributed by atoms with van der Waals surface area (Å²) in [6, 6.07) is 6.19. The predicted molar refractivity (Wildman–Crippen MR) is 66.5 cm³/mol. The van der Waals surface area contributed by atoms with Crippen molar-refractivity contribution >= 4 is 0 Å². The molecule has 0 saturated carbocycles. The minimum absolute atomic E-state index is 0.0142. The number of hydrogen-bond acceptors (Lipinski definition) is 2. The van der Waals surface area contributed by atoms with Crippen molar-refractivity contribution in [2.45, 2.75) is 45.6 Å². The van der Waals surface area contributed by atoms with E-state index in [9.17, 15) is 5.11 Å². The van der Waals surface area contributed by atoms with E-state index < -0.39 is 6.10 Å². The van der Waals surface area contributed by atoms with Gasteiger partial charge in [-0.1, -0.05) is 39.0 Å². The summed E-state index contributed by atoms with van der Waals surface area (Å²) < 4.78 is 0. The van der Waals surface area contributed by atoms with Crippen LogP contribution in [0, 0.1) is 6.92 Å². The Labute approximate surface area is 97.9 Å². The fourth-order valence-corrected chi connectivity index (χ4v) is 1.74. The van der Waals surface area contributed by atoms with Crippen LogP contribution in [0.15, 0.2) is 18.2 Å². The van der Waals surface area contributed by atoms with Crippen molar-refractivity contribution in [1.29, 1.82) is 0 Å². The van der Waals surface area contributed by atoms with Crippen molar-refractivity contribution in [1.82, 2.24) is 0 Å². The quantitative estimate of drug-likeness (QED) is 0.825. The number of rotatable bonds is 3. The fourth-order valence-electron chi connectivity index (χ4n) is 1.74. The Morgan fingerprint density at radius 2 is 1.88 bits per heavy atom. The van der Waals surface area contributed by atoms with E-state index in [1.54, 1.807) is 0 Å². The molecule has 90 valence electrons. The van der Waals surface area contributed by atoms with Gasteiger partial charge in [0.25, 0.3) is 0 Å². The highest BCUT2D eigenvalue weighted by atomic mass is 16.3. The first-order valence-corrected chi connectivity index (χ1v) is 5.76. The Hall–Kier alpha value is -0.860. The first-order valence-electron chi connectivity index (χ1n) is 5.76. The monoisotopic (exact) mass is 222 g/mol. The van der Waals surface area contributed by atoms with Gasteiger partial charge in [-0.05, 0) is 29.0 Å². The molecule has 0 bridgehead atoms. The molecular formula is C14H22O2. The van der Waals surface area contributed by atoms with Crippen LogP contribution in [-0.2, 0) is 5.41 Å². The van der Waals surface area contributed by atoms with Crippen LogP contribution in [-0.4, -0.2) is 16.8 Å². The Bertz CT molecular complexity index is 350. The van der Waals surface area contributed by atoms with Crippen molar-refractivity contribution in [3.63, 3.8) is 0 Å². The number of benzene rings is 1. The van der Waals surface area contributed by atoms with Gasteiger partial charge in [-0.15, -0.1) is 0 Å². The summed E-state index contributed by atoms with van der Waals surface area (Å²) in [6.07, 6.45) is -0.165. The van der Waals surface area contributed by atoms with Crippen LogP contribution in [0.4, 0.5) is 0 Å². The van der Waals surface area contributed by atoms with Gasteiger partial charge in [0.15, 0.2) is 0 Å². The lowest BCUT2D eigenvalue weighted by atomic mass is 9.84. The summed E-state index contributed by atoms with van der Waals surface area (Å²) in [6.45, 7) is 8.46. The third-order valence-corrected chi connectivity index (χ3v) is 2.91. The minimum atomic E-state index is -0.563. The fraction of sp³-hybridized carbons (Fsp3) is 0.571. The molecule has 0 amide bonds. The third kappa shape index (κ3) is 3.06. The van der Waals surface area contributed by atoms with Crippen molar-refractivity contribution in [3.8, 4) is 0 Å². The molecule has 0 fully saturated rings. The second kappa shape index (κ2) is 4.98. The van der Waals surface area contributed by atoms with E-state index in [1.165, 1.54) is 5.56 Å². The lowest BCUT2D eigenvalue weighted by molar-refractivity contribution is 0.133. The summed E-state index contributed by atoms with van der Waals surface area (Å²) >= 11 is 0. The molecule has 2 N–H and O–H groups in total. The summed E-state index contributed by atoms with van der Waals surface area (Å²) in [5.74, 6) is 0. The van der Waals surface area contributed by atoms with Crippen molar-refractivity contribution < 1.29 is 10.2 Å². The molecular weight excluding hydrogens is 200 g/mol.